The van der Waals surface area contributed by atoms with E-state index in [1.165, 1.54) is 24.3 Å². The Morgan fingerprint density at radius 3 is 1.89 bits per heavy atom. The molecule has 0 radical (unpaired) electrons. The Morgan fingerprint density at radius 2 is 1.56 bits per heavy atom. The highest BCUT2D eigenvalue weighted by atomic mass is 16.8. The molecule has 0 aliphatic carbocycles. The maximum Gasteiger partial charge on any atom is 0.560 e. The van der Waals surface area contributed by atoms with Crippen molar-refractivity contribution in [3.63, 3.8) is 0 Å². The van der Waals surface area contributed by atoms with E-state index < -0.39 is 22.8 Å². The first kappa shape index (κ1) is 13.6. The van der Waals surface area contributed by atoms with E-state index in [-0.39, 0.29) is 5.56 Å². The number of ether oxygens (including phenoxy) is 2. The molecule has 7 heteroatoms. The predicted molar refractivity (Wildman–Crippen MR) is 58.6 cm³/mol. The Bertz CT molecular complexity index is 454. The van der Waals surface area contributed by atoms with Gasteiger partial charge in [-0.25, -0.2) is 0 Å². The van der Waals surface area contributed by atoms with Gasteiger partial charge in [-0.05, 0) is 12.1 Å². The summed E-state index contributed by atoms with van der Waals surface area (Å²) < 4.78 is 9.23. The molecule has 0 aliphatic heterocycles. The van der Waals surface area contributed by atoms with Crippen LogP contribution in [-0.4, -0.2) is 16.9 Å². The van der Waals surface area contributed by atoms with Crippen LogP contribution in [0.5, 0.6) is 0 Å². The van der Waals surface area contributed by atoms with E-state index in [2.05, 4.69) is 9.47 Å². The molecule has 0 aromatic heterocycles. The number of nitrogens with zero attached hydrogens (tertiary/aromatic N) is 1. The van der Waals surface area contributed by atoms with Crippen LogP contribution in [0, 0.1) is 10.1 Å². The Kier molecular flexibility index (Phi) is 3.98. The van der Waals surface area contributed by atoms with Crippen molar-refractivity contribution in [2.24, 2.45) is 0 Å². The summed E-state index contributed by atoms with van der Waals surface area (Å²) in [5, 5.41) is 11.1. The van der Waals surface area contributed by atoms with Crippen LogP contribution in [-0.2, 0) is 25.0 Å². The third kappa shape index (κ3) is 2.82. The molecule has 1 aromatic rings. The van der Waals surface area contributed by atoms with E-state index >= 15 is 0 Å². The van der Waals surface area contributed by atoms with Crippen molar-refractivity contribution < 1.29 is 24.0 Å². The van der Waals surface area contributed by atoms with Gasteiger partial charge in [-0.15, -0.1) is 0 Å². The zero-order valence-corrected chi connectivity index (χ0v) is 9.78. The molecule has 7 nitrogen and oxygen atoms in total. The van der Waals surface area contributed by atoms with Gasteiger partial charge in [-0.2, -0.15) is 0 Å². The van der Waals surface area contributed by atoms with Crippen LogP contribution in [0.3, 0.4) is 0 Å². The number of hydrogen-bond acceptors (Lipinski definition) is 6. The summed E-state index contributed by atoms with van der Waals surface area (Å²) in [6, 6.07) is 7.28. The lowest BCUT2D eigenvalue weighted by molar-refractivity contribution is -0.688. The minimum atomic E-state index is -2.64. The van der Waals surface area contributed by atoms with Crippen LogP contribution in [0.2, 0.25) is 0 Å². The van der Waals surface area contributed by atoms with Crippen molar-refractivity contribution in [2.45, 2.75) is 19.8 Å². The second kappa shape index (κ2) is 5.26. The summed E-state index contributed by atoms with van der Waals surface area (Å²) in [6.45, 7) is 1.98. The van der Waals surface area contributed by atoms with Crippen molar-refractivity contribution in [3.05, 3.63) is 46.0 Å². The molecule has 0 unspecified atom stereocenters. The summed E-state index contributed by atoms with van der Waals surface area (Å²) in [6.07, 6.45) is 0. The second-order valence-corrected chi connectivity index (χ2v) is 3.39. The van der Waals surface area contributed by atoms with Gasteiger partial charge >= 0.3 is 17.8 Å². The van der Waals surface area contributed by atoms with Gasteiger partial charge in [0.2, 0.25) is 0 Å². The summed E-state index contributed by atoms with van der Waals surface area (Å²) >= 11 is 0. The maximum absolute atomic E-state index is 11.1. The number of nitro groups is 1. The fourth-order valence-corrected chi connectivity index (χ4v) is 1.36. The smallest absolute Gasteiger partial charge is 0.359 e. The Balaban J connectivity index is 3.33. The standard InChI is InChI=1S/C11H11NO6/c1-8(13)17-11(12(15)16,18-9(2)14)10-6-4-3-5-7-10/h3-7H,1-2H3. The fraction of sp³-hybridized carbons (Fsp3) is 0.273. The van der Waals surface area contributed by atoms with E-state index in [9.17, 15) is 19.7 Å². The quantitative estimate of drug-likeness (QED) is 0.346. The molecule has 0 aliphatic rings. The third-order valence-electron chi connectivity index (χ3n) is 1.94. The maximum atomic E-state index is 11.1. The van der Waals surface area contributed by atoms with Crippen molar-refractivity contribution >= 4 is 11.9 Å². The largest absolute Gasteiger partial charge is 0.560 e. The van der Waals surface area contributed by atoms with Gasteiger partial charge in [0, 0.05) is 13.8 Å². The average Bonchev–Trinajstić information content (AvgIpc) is 2.27. The van der Waals surface area contributed by atoms with Crippen LogP contribution in [0.4, 0.5) is 0 Å². The Hall–Kier alpha value is -2.44. The van der Waals surface area contributed by atoms with Crippen molar-refractivity contribution in [2.75, 3.05) is 0 Å². The van der Waals surface area contributed by atoms with Crippen LogP contribution in [0.1, 0.15) is 19.4 Å². The number of rotatable bonds is 4. The molecule has 1 aromatic carbocycles. The first-order chi connectivity index (χ1) is 8.38. The molecule has 0 saturated heterocycles. The molecule has 0 atom stereocenters. The molecule has 0 bridgehead atoms. The minimum Gasteiger partial charge on any atom is -0.359 e. The van der Waals surface area contributed by atoms with Crippen LogP contribution < -0.4 is 0 Å². The molecule has 0 saturated carbocycles. The minimum absolute atomic E-state index is 0.0552. The average molecular weight is 253 g/mol. The van der Waals surface area contributed by atoms with Gasteiger partial charge in [0.05, 0.1) is 0 Å². The zero-order valence-electron chi connectivity index (χ0n) is 9.78. The molecule has 0 heterocycles. The van der Waals surface area contributed by atoms with E-state index in [4.69, 9.17) is 0 Å². The van der Waals surface area contributed by atoms with Gasteiger partial charge in [-0.3, -0.25) is 19.7 Å². The number of hydrogen-bond donors (Lipinski definition) is 0. The summed E-state index contributed by atoms with van der Waals surface area (Å²) in [4.78, 5) is 32.2. The van der Waals surface area contributed by atoms with Gasteiger partial charge in [0.25, 0.3) is 0 Å². The van der Waals surface area contributed by atoms with Gasteiger partial charge in [0.1, 0.15) is 10.5 Å². The summed E-state index contributed by atoms with van der Waals surface area (Å²) in [7, 11) is 0. The lowest BCUT2D eigenvalue weighted by Crippen LogP contribution is -2.43. The van der Waals surface area contributed by atoms with Gasteiger partial charge in [0.15, 0.2) is 0 Å². The van der Waals surface area contributed by atoms with E-state index in [1.807, 2.05) is 0 Å². The number of carbonyl (C=O) groups is 2. The highest BCUT2D eigenvalue weighted by Crippen LogP contribution is 2.28. The monoisotopic (exact) mass is 253 g/mol. The SMILES string of the molecule is CC(=O)OC(OC(C)=O)(c1ccccc1)[N+](=O)[O-]. The highest BCUT2D eigenvalue weighted by molar-refractivity contribution is 5.69. The molecular formula is C11H11NO6. The molecule has 96 valence electrons. The van der Waals surface area contributed by atoms with Crippen molar-refractivity contribution in [1.82, 2.24) is 0 Å². The summed E-state index contributed by atoms with van der Waals surface area (Å²) in [5.74, 6) is -4.51. The normalized spacial score (nSPS) is 10.6. The van der Waals surface area contributed by atoms with E-state index in [0.29, 0.717) is 0 Å². The van der Waals surface area contributed by atoms with Crippen molar-refractivity contribution in [1.29, 1.82) is 0 Å². The van der Waals surface area contributed by atoms with Crippen LogP contribution >= 0.6 is 0 Å². The van der Waals surface area contributed by atoms with E-state index in [1.54, 1.807) is 6.07 Å². The molecule has 18 heavy (non-hydrogen) atoms. The van der Waals surface area contributed by atoms with Gasteiger partial charge in [-0.1, -0.05) is 18.2 Å². The predicted octanol–water partition coefficient (Wildman–Crippen LogP) is 1.20. The third-order valence-corrected chi connectivity index (χ3v) is 1.94. The molecule has 0 N–H and O–H groups in total. The molecule has 1 rings (SSSR count). The Morgan fingerprint density at radius 1 is 1.11 bits per heavy atom. The Labute approximate surface area is 102 Å². The number of benzene rings is 1. The number of carbonyl (C=O) groups excluding carboxylic acids is 2. The highest BCUT2D eigenvalue weighted by Gasteiger charge is 2.53. The van der Waals surface area contributed by atoms with Crippen LogP contribution in [0.25, 0.3) is 0 Å². The fourth-order valence-electron chi connectivity index (χ4n) is 1.36. The molecule has 0 spiro atoms. The molecule has 0 amide bonds. The second-order valence-electron chi connectivity index (χ2n) is 3.39. The molecular weight excluding hydrogens is 242 g/mol. The van der Waals surface area contributed by atoms with Crippen LogP contribution in [0.15, 0.2) is 30.3 Å². The van der Waals surface area contributed by atoms with E-state index in [0.717, 1.165) is 13.8 Å². The summed E-state index contributed by atoms with van der Waals surface area (Å²) in [5.41, 5.74) is -0.0552. The number of esters is 2. The topological polar surface area (TPSA) is 95.7 Å². The molecule has 0 fully saturated rings. The zero-order chi connectivity index (χ0) is 13.8. The van der Waals surface area contributed by atoms with Crippen molar-refractivity contribution in [3.8, 4) is 0 Å². The van der Waals surface area contributed by atoms with Gasteiger partial charge < -0.3 is 9.47 Å². The first-order valence-electron chi connectivity index (χ1n) is 4.97. The lowest BCUT2D eigenvalue weighted by atomic mass is 10.1. The first-order valence-corrected chi connectivity index (χ1v) is 4.97. The lowest BCUT2D eigenvalue weighted by Gasteiger charge is -2.22.